The number of fused-ring (bicyclic) bond motifs is 1. The van der Waals surface area contributed by atoms with Crippen LogP contribution < -0.4 is 4.90 Å². The summed E-state index contributed by atoms with van der Waals surface area (Å²) in [6.45, 7) is 0.614. The van der Waals surface area contributed by atoms with E-state index in [1.807, 2.05) is 29.6 Å². The maximum absolute atomic E-state index is 12.0. The summed E-state index contributed by atoms with van der Waals surface area (Å²) in [7, 11) is 0. The van der Waals surface area contributed by atoms with E-state index in [0.717, 1.165) is 20.6 Å². The van der Waals surface area contributed by atoms with E-state index in [1.54, 1.807) is 16.2 Å². The molecule has 1 aromatic heterocycles. The molecule has 0 saturated carbocycles. The summed E-state index contributed by atoms with van der Waals surface area (Å²) in [4.78, 5) is 15.0. The van der Waals surface area contributed by atoms with Crippen LogP contribution >= 0.6 is 38.9 Å². The van der Waals surface area contributed by atoms with Crippen LogP contribution in [0.4, 0.5) is 5.69 Å². The van der Waals surface area contributed by atoms with E-state index in [2.05, 4.69) is 15.9 Å². The van der Waals surface area contributed by atoms with Gasteiger partial charge in [0.25, 0.3) is 0 Å². The number of carbonyl (C=O) groups is 1. The third-order valence-electron chi connectivity index (χ3n) is 2.92. The van der Waals surface area contributed by atoms with E-state index in [1.165, 1.54) is 0 Å². The summed E-state index contributed by atoms with van der Waals surface area (Å²) in [6.07, 6.45) is 0.471. The minimum absolute atomic E-state index is 0.136. The second kappa shape index (κ2) is 4.68. The standard InChI is InChI=1S/C13H9BrClNOS/c14-9-4-11(18-7-9)6-16-12-5-10(15)2-1-8(12)3-13(16)17/h1-2,4-5,7H,3,6H2. The van der Waals surface area contributed by atoms with Crippen molar-refractivity contribution < 1.29 is 4.79 Å². The van der Waals surface area contributed by atoms with Crippen molar-refractivity contribution in [2.24, 2.45) is 0 Å². The van der Waals surface area contributed by atoms with Crippen LogP contribution in [0.15, 0.2) is 34.1 Å². The lowest BCUT2D eigenvalue weighted by Crippen LogP contribution is -2.25. The molecule has 0 fully saturated rings. The average Bonchev–Trinajstić information content (AvgIpc) is 2.86. The van der Waals surface area contributed by atoms with Gasteiger partial charge in [0.2, 0.25) is 5.91 Å². The Bertz CT molecular complexity index is 625. The van der Waals surface area contributed by atoms with Gasteiger partial charge in [0.1, 0.15) is 0 Å². The fraction of sp³-hybridized carbons (Fsp3) is 0.154. The van der Waals surface area contributed by atoms with E-state index in [4.69, 9.17) is 11.6 Å². The molecule has 18 heavy (non-hydrogen) atoms. The monoisotopic (exact) mass is 341 g/mol. The van der Waals surface area contributed by atoms with Gasteiger partial charge in [-0.3, -0.25) is 4.79 Å². The second-order valence-corrected chi connectivity index (χ2v) is 6.51. The number of carbonyl (C=O) groups excluding carboxylic acids is 1. The summed E-state index contributed by atoms with van der Waals surface area (Å²) >= 11 is 11.1. The largest absolute Gasteiger partial charge is 0.307 e. The first-order chi connectivity index (χ1) is 8.63. The topological polar surface area (TPSA) is 20.3 Å². The number of nitrogens with zero attached hydrogens (tertiary/aromatic N) is 1. The summed E-state index contributed by atoms with van der Waals surface area (Å²) in [5.74, 6) is 0.136. The third-order valence-corrected chi connectivity index (χ3v) is 4.83. The molecule has 0 atom stereocenters. The Labute approximate surface area is 122 Å². The number of benzene rings is 1. The molecule has 0 aliphatic carbocycles. The van der Waals surface area contributed by atoms with Gasteiger partial charge in [-0.05, 0) is 39.7 Å². The molecule has 0 bridgehead atoms. The van der Waals surface area contributed by atoms with Crippen LogP contribution in [-0.4, -0.2) is 5.91 Å². The van der Waals surface area contributed by atoms with E-state index < -0.39 is 0 Å². The Balaban J connectivity index is 1.93. The SMILES string of the molecule is O=C1Cc2ccc(Cl)cc2N1Cc1cc(Br)cs1. The molecule has 5 heteroatoms. The van der Waals surface area contributed by atoms with Crippen LogP contribution in [0.25, 0.3) is 0 Å². The fourth-order valence-electron chi connectivity index (χ4n) is 2.10. The molecule has 3 rings (SSSR count). The molecule has 2 nitrogen and oxygen atoms in total. The molecule has 0 spiro atoms. The Morgan fingerprint density at radius 1 is 1.39 bits per heavy atom. The Kier molecular flexibility index (Phi) is 3.18. The lowest BCUT2D eigenvalue weighted by Gasteiger charge is -2.16. The molecule has 0 saturated heterocycles. The maximum Gasteiger partial charge on any atom is 0.231 e. The zero-order valence-corrected chi connectivity index (χ0v) is 12.5. The van der Waals surface area contributed by atoms with Gasteiger partial charge >= 0.3 is 0 Å². The first-order valence-corrected chi connectivity index (χ1v) is 7.50. The molecule has 92 valence electrons. The van der Waals surface area contributed by atoms with Crippen molar-refractivity contribution in [1.29, 1.82) is 0 Å². The van der Waals surface area contributed by atoms with Crippen LogP contribution in [0.1, 0.15) is 10.4 Å². The van der Waals surface area contributed by atoms with Gasteiger partial charge in [0.15, 0.2) is 0 Å². The summed E-state index contributed by atoms with van der Waals surface area (Å²) < 4.78 is 1.06. The molecule has 0 radical (unpaired) electrons. The molecule has 0 N–H and O–H groups in total. The van der Waals surface area contributed by atoms with Crippen molar-refractivity contribution >= 4 is 50.5 Å². The van der Waals surface area contributed by atoms with Crippen LogP contribution in [0, 0.1) is 0 Å². The van der Waals surface area contributed by atoms with E-state index in [-0.39, 0.29) is 5.91 Å². The fourth-order valence-corrected chi connectivity index (χ4v) is 3.70. The zero-order valence-electron chi connectivity index (χ0n) is 9.32. The first-order valence-electron chi connectivity index (χ1n) is 5.45. The van der Waals surface area contributed by atoms with Crippen molar-refractivity contribution in [3.63, 3.8) is 0 Å². The van der Waals surface area contributed by atoms with Gasteiger partial charge < -0.3 is 4.90 Å². The van der Waals surface area contributed by atoms with Crippen LogP contribution in [-0.2, 0) is 17.8 Å². The summed E-state index contributed by atoms with van der Waals surface area (Å²) in [5, 5.41) is 2.69. The van der Waals surface area contributed by atoms with Crippen LogP contribution in [0.3, 0.4) is 0 Å². The third kappa shape index (κ3) is 2.20. The Morgan fingerprint density at radius 3 is 2.94 bits per heavy atom. The van der Waals surface area contributed by atoms with Gasteiger partial charge in [-0.2, -0.15) is 0 Å². The van der Waals surface area contributed by atoms with Gasteiger partial charge in [-0.15, -0.1) is 11.3 Å². The highest BCUT2D eigenvalue weighted by molar-refractivity contribution is 9.10. The normalized spacial score (nSPS) is 14.1. The van der Waals surface area contributed by atoms with E-state index in [0.29, 0.717) is 18.0 Å². The predicted octanol–water partition coefficient (Wildman–Crippen LogP) is 4.25. The summed E-state index contributed by atoms with van der Waals surface area (Å²) in [6, 6.07) is 7.67. The van der Waals surface area contributed by atoms with E-state index >= 15 is 0 Å². The van der Waals surface area contributed by atoms with Crippen molar-refractivity contribution in [2.45, 2.75) is 13.0 Å². The zero-order chi connectivity index (χ0) is 12.7. The average molecular weight is 343 g/mol. The van der Waals surface area contributed by atoms with Crippen LogP contribution in [0.5, 0.6) is 0 Å². The van der Waals surface area contributed by atoms with Crippen LogP contribution in [0.2, 0.25) is 5.02 Å². The predicted molar refractivity (Wildman–Crippen MR) is 78.4 cm³/mol. The molecule has 1 aliphatic rings. The quantitative estimate of drug-likeness (QED) is 0.799. The molecule has 0 unspecified atom stereocenters. The number of rotatable bonds is 2. The molecule has 1 aromatic carbocycles. The number of thiophene rings is 1. The Morgan fingerprint density at radius 2 is 2.22 bits per heavy atom. The van der Waals surface area contributed by atoms with Crippen molar-refractivity contribution in [2.75, 3.05) is 4.90 Å². The molecule has 1 aliphatic heterocycles. The lowest BCUT2D eigenvalue weighted by molar-refractivity contribution is -0.117. The highest BCUT2D eigenvalue weighted by Gasteiger charge is 2.27. The molecular formula is C13H9BrClNOS. The van der Waals surface area contributed by atoms with Crippen molar-refractivity contribution in [1.82, 2.24) is 0 Å². The number of hydrogen-bond donors (Lipinski definition) is 0. The number of halogens is 2. The smallest absolute Gasteiger partial charge is 0.231 e. The maximum atomic E-state index is 12.0. The number of hydrogen-bond acceptors (Lipinski definition) is 2. The van der Waals surface area contributed by atoms with E-state index in [9.17, 15) is 4.79 Å². The number of amides is 1. The molecular weight excluding hydrogens is 334 g/mol. The first kappa shape index (κ1) is 12.2. The highest BCUT2D eigenvalue weighted by atomic mass is 79.9. The van der Waals surface area contributed by atoms with Crippen molar-refractivity contribution in [3.8, 4) is 0 Å². The summed E-state index contributed by atoms with van der Waals surface area (Å²) in [5.41, 5.74) is 2.00. The van der Waals surface area contributed by atoms with Crippen molar-refractivity contribution in [3.05, 3.63) is 49.6 Å². The lowest BCUT2D eigenvalue weighted by atomic mass is 10.2. The van der Waals surface area contributed by atoms with Gasteiger partial charge in [-0.1, -0.05) is 17.7 Å². The molecule has 2 heterocycles. The Hall–Kier alpha value is -0.840. The molecule has 1 amide bonds. The highest BCUT2D eigenvalue weighted by Crippen LogP contribution is 2.33. The minimum atomic E-state index is 0.136. The van der Waals surface area contributed by atoms with Gasteiger partial charge in [-0.25, -0.2) is 0 Å². The minimum Gasteiger partial charge on any atom is -0.307 e. The number of anilines is 1. The van der Waals surface area contributed by atoms with Gasteiger partial charge in [0, 0.05) is 25.4 Å². The molecule has 2 aromatic rings. The second-order valence-electron chi connectivity index (χ2n) is 4.16. The van der Waals surface area contributed by atoms with Gasteiger partial charge in [0.05, 0.1) is 13.0 Å².